The number of nitrogens with one attached hydrogen (secondary N) is 1. The lowest BCUT2D eigenvalue weighted by Gasteiger charge is -2.11. The minimum Gasteiger partial charge on any atom is -0.493 e. The number of imide groups is 1. The third-order valence-corrected chi connectivity index (χ3v) is 4.48. The van der Waals surface area contributed by atoms with E-state index in [2.05, 4.69) is 5.32 Å². The molecule has 0 unspecified atom stereocenters. The molecule has 0 bridgehead atoms. The Morgan fingerprint density at radius 3 is 2.48 bits per heavy atom. The fourth-order valence-electron chi connectivity index (χ4n) is 2.34. The molecular weight excluding hydrogens is 372 g/mol. The first-order valence-electron chi connectivity index (χ1n) is 7.75. The first-order chi connectivity index (χ1) is 13.0. The zero-order chi connectivity index (χ0) is 19.4. The van der Waals surface area contributed by atoms with E-state index in [9.17, 15) is 19.7 Å². The maximum atomic E-state index is 11.7. The van der Waals surface area contributed by atoms with Gasteiger partial charge >= 0.3 is 0 Å². The van der Waals surface area contributed by atoms with E-state index in [4.69, 9.17) is 9.47 Å². The van der Waals surface area contributed by atoms with Crippen molar-refractivity contribution in [3.05, 3.63) is 68.6 Å². The molecule has 2 amide bonds. The van der Waals surface area contributed by atoms with Crippen LogP contribution in [0.4, 0.5) is 10.5 Å². The lowest BCUT2D eigenvalue weighted by molar-refractivity contribution is -0.384. The van der Waals surface area contributed by atoms with Gasteiger partial charge < -0.3 is 9.47 Å². The van der Waals surface area contributed by atoms with E-state index in [1.807, 2.05) is 0 Å². The molecule has 2 aromatic rings. The average molecular weight is 386 g/mol. The van der Waals surface area contributed by atoms with Crippen molar-refractivity contribution in [2.75, 3.05) is 7.11 Å². The molecule has 1 heterocycles. The molecule has 1 aliphatic rings. The molecule has 0 aromatic heterocycles. The summed E-state index contributed by atoms with van der Waals surface area (Å²) in [6.45, 7) is 0.183. The van der Waals surface area contributed by atoms with E-state index in [0.29, 0.717) is 22.0 Å². The number of non-ortho nitro benzene ring substituents is 1. The molecule has 1 fully saturated rings. The Labute approximate surface area is 158 Å². The zero-order valence-corrected chi connectivity index (χ0v) is 14.9. The van der Waals surface area contributed by atoms with Gasteiger partial charge in [-0.3, -0.25) is 25.0 Å². The van der Waals surface area contributed by atoms with Crippen LogP contribution in [0.3, 0.4) is 0 Å². The largest absolute Gasteiger partial charge is 0.493 e. The molecule has 0 aliphatic carbocycles. The Morgan fingerprint density at radius 1 is 1.15 bits per heavy atom. The Bertz CT molecular complexity index is 939. The molecule has 8 nitrogen and oxygen atoms in total. The Morgan fingerprint density at radius 2 is 1.89 bits per heavy atom. The van der Waals surface area contributed by atoms with Crippen LogP contribution in [0.5, 0.6) is 11.5 Å². The Hall–Kier alpha value is -3.33. The van der Waals surface area contributed by atoms with Crippen LogP contribution in [-0.4, -0.2) is 23.2 Å². The predicted octanol–water partition coefficient (Wildman–Crippen LogP) is 3.51. The van der Waals surface area contributed by atoms with E-state index < -0.39 is 16.1 Å². The number of thioether (sulfide) groups is 1. The first-order valence-corrected chi connectivity index (χ1v) is 8.57. The van der Waals surface area contributed by atoms with Crippen LogP contribution < -0.4 is 14.8 Å². The summed E-state index contributed by atoms with van der Waals surface area (Å²) in [7, 11) is 1.51. The third-order valence-electron chi connectivity index (χ3n) is 3.67. The monoisotopic (exact) mass is 386 g/mol. The number of nitro groups is 1. The van der Waals surface area contributed by atoms with Crippen molar-refractivity contribution in [3.63, 3.8) is 0 Å². The van der Waals surface area contributed by atoms with Gasteiger partial charge in [-0.2, -0.15) is 0 Å². The summed E-state index contributed by atoms with van der Waals surface area (Å²) in [6.07, 6.45) is 1.59. The number of carbonyl (C=O) groups excluding carboxylic acids is 2. The number of hydrogen-bond donors (Lipinski definition) is 1. The van der Waals surface area contributed by atoms with E-state index in [1.54, 1.807) is 36.4 Å². The van der Waals surface area contributed by atoms with Crippen LogP contribution in [0.25, 0.3) is 6.08 Å². The second-order valence-corrected chi connectivity index (χ2v) is 6.49. The first kappa shape index (κ1) is 18.5. The number of amides is 2. The van der Waals surface area contributed by atoms with Gasteiger partial charge in [-0.05, 0) is 53.2 Å². The van der Waals surface area contributed by atoms with Crippen molar-refractivity contribution in [2.45, 2.75) is 6.61 Å². The van der Waals surface area contributed by atoms with Gasteiger partial charge in [0.05, 0.1) is 16.9 Å². The lowest BCUT2D eigenvalue weighted by Crippen LogP contribution is -2.17. The molecule has 0 atom stereocenters. The van der Waals surface area contributed by atoms with E-state index in [1.165, 1.54) is 19.2 Å². The van der Waals surface area contributed by atoms with Crippen molar-refractivity contribution >= 4 is 34.7 Å². The summed E-state index contributed by atoms with van der Waals surface area (Å²) in [5, 5.41) is 12.5. The molecule has 2 aromatic carbocycles. The molecule has 27 heavy (non-hydrogen) atoms. The van der Waals surface area contributed by atoms with Crippen molar-refractivity contribution in [2.24, 2.45) is 0 Å². The highest BCUT2D eigenvalue weighted by Crippen LogP contribution is 2.32. The van der Waals surface area contributed by atoms with E-state index in [0.717, 1.165) is 17.3 Å². The predicted molar refractivity (Wildman–Crippen MR) is 99.5 cm³/mol. The molecule has 1 N–H and O–H groups in total. The molecule has 1 saturated heterocycles. The number of rotatable bonds is 6. The third kappa shape index (κ3) is 4.45. The van der Waals surface area contributed by atoms with Crippen LogP contribution >= 0.6 is 11.8 Å². The molecule has 0 spiro atoms. The number of nitrogens with zero attached hydrogens (tertiary/aromatic N) is 1. The average Bonchev–Trinajstić information content (AvgIpc) is 2.97. The minimum atomic E-state index is -0.466. The zero-order valence-electron chi connectivity index (χ0n) is 14.1. The van der Waals surface area contributed by atoms with Gasteiger partial charge in [0, 0.05) is 12.1 Å². The topological polar surface area (TPSA) is 108 Å². The Kier molecular flexibility index (Phi) is 5.41. The molecule has 1 aliphatic heterocycles. The highest BCUT2D eigenvalue weighted by molar-refractivity contribution is 8.18. The van der Waals surface area contributed by atoms with Gasteiger partial charge in [-0.1, -0.05) is 6.07 Å². The molecule has 0 saturated carbocycles. The second kappa shape index (κ2) is 7.92. The fraction of sp³-hybridized carbons (Fsp3) is 0.111. The van der Waals surface area contributed by atoms with Crippen LogP contribution in [0, 0.1) is 10.1 Å². The van der Waals surface area contributed by atoms with Crippen LogP contribution in [0.15, 0.2) is 47.4 Å². The highest BCUT2D eigenvalue weighted by atomic mass is 32.2. The second-order valence-electron chi connectivity index (χ2n) is 5.47. The molecule has 9 heteroatoms. The number of ether oxygens (including phenoxy) is 2. The van der Waals surface area contributed by atoms with Crippen molar-refractivity contribution in [1.29, 1.82) is 0 Å². The fourth-order valence-corrected chi connectivity index (χ4v) is 3.03. The smallest absolute Gasteiger partial charge is 0.290 e. The normalized spacial score (nSPS) is 14.9. The molecule has 138 valence electrons. The maximum absolute atomic E-state index is 11.7. The van der Waals surface area contributed by atoms with Gasteiger partial charge in [0.2, 0.25) is 0 Å². The number of carbonyl (C=O) groups is 2. The summed E-state index contributed by atoms with van der Waals surface area (Å²) in [4.78, 5) is 33.4. The summed E-state index contributed by atoms with van der Waals surface area (Å²) >= 11 is 0.833. The summed E-state index contributed by atoms with van der Waals surface area (Å²) < 4.78 is 11.0. The van der Waals surface area contributed by atoms with Gasteiger partial charge in [0.25, 0.3) is 16.8 Å². The number of hydrogen-bond acceptors (Lipinski definition) is 7. The van der Waals surface area contributed by atoms with Crippen molar-refractivity contribution in [3.8, 4) is 11.5 Å². The van der Waals surface area contributed by atoms with Gasteiger partial charge in [-0.15, -0.1) is 0 Å². The summed E-state index contributed by atoms with van der Waals surface area (Å²) in [6, 6.07) is 11.2. The van der Waals surface area contributed by atoms with E-state index >= 15 is 0 Å². The van der Waals surface area contributed by atoms with Crippen molar-refractivity contribution in [1.82, 2.24) is 5.32 Å². The number of nitro benzene ring substituents is 1. The van der Waals surface area contributed by atoms with E-state index in [-0.39, 0.29) is 12.3 Å². The van der Waals surface area contributed by atoms with Gasteiger partial charge in [0.15, 0.2) is 11.5 Å². The van der Waals surface area contributed by atoms with Gasteiger partial charge in [-0.25, -0.2) is 0 Å². The number of methoxy groups -OCH3 is 1. The standard InChI is InChI=1S/C18H14N2O6S/c1-25-14-7-4-12(9-16-17(21)19-18(22)27-16)8-15(14)26-10-11-2-5-13(6-3-11)20(23)24/h2-9H,10H2,1H3,(H,19,21,22). The highest BCUT2D eigenvalue weighted by Gasteiger charge is 2.25. The summed E-state index contributed by atoms with van der Waals surface area (Å²) in [5.74, 6) is 0.507. The maximum Gasteiger partial charge on any atom is 0.290 e. The Balaban J connectivity index is 1.77. The SMILES string of the molecule is COc1ccc(C=C2SC(=O)NC2=O)cc1OCc1ccc([N+](=O)[O-])cc1. The molecular formula is C18H14N2O6S. The minimum absolute atomic E-state index is 0.00633. The lowest BCUT2D eigenvalue weighted by atomic mass is 10.1. The summed E-state index contributed by atoms with van der Waals surface area (Å²) in [5.41, 5.74) is 1.43. The van der Waals surface area contributed by atoms with Crippen LogP contribution in [0.2, 0.25) is 0 Å². The number of benzene rings is 2. The van der Waals surface area contributed by atoms with Crippen molar-refractivity contribution < 1.29 is 24.0 Å². The van der Waals surface area contributed by atoms with Crippen LogP contribution in [-0.2, 0) is 11.4 Å². The molecule has 0 radical (unpaired) electrons. The molecule has 3 rings (SSSR count). The van der Waals surface area contributed by atoms with Crippen LogP contribution in [0.1, 0.15) is 11.1 Å². The van der Waals surface area contributed by atoms with Gasteiger partial charge in [0.1, 0.15) is 6.61 Å². The quantitative estimate of drug-likeness (QED) is 0.460.